The quantitative estimate of drug-likeness (QED) is 0.702. The number of hydrogen-bond acceptors (Lipinski definition) is 2. The molecular weight excluding hydrogens is 166 g/mol. The fourth-order valence-corrected chi connectivity index (χ4v) is 2.35. The average Bonchev–Trinajstić information content (AvgIpc) is 2.09. The summed E-state index contributed by atoms with van der Waals surface area (Å²) in [6, 6.07) is 0.106. The van der Waals surface area contributed by atoms with Crippen molar-refractivity contribution in [1.82, 2.24) is 0 Å². The van der Waals surface area contributed by atoms with Crippen molar-refractivity contribution in [3.63, 3.8) is 0 Å². The van der Waals surface area contributed by atoms with E-state index < -0.39 is 5.97 Å². The van der Waals surface area contributed by atoms with Gasteiger partial charge in [0.2, 0.25) is 0 Å². The molecule has 1 aliphatic rings. The molecule has 3 heteroatoms. The van der Waals surface area contributed by atoms with E-state index in [0.29, 0.717) is 6.42 Å². The largest absolute Gasteiger partial charge is 0.481 e. The fourth-order valence-electron chi connectivity index (χ4n) is 2.35. The standard InChI is InChI=1S/C10H19NO2/c1-2-7(10(12)13)8-5-3-4-6-9(8)11/h7-9H,2-6,11H2,1H3,(H,12,13)/t7-,8-,9-/m0/s1. The third kappa shape index (κ3) is 2.44. The highest BCUT2D eigenvalue weighted by Gasteiger charge is 2.32. The van der Waals surface area contributed by atoms with Gasteiger partial charge in [-0.1, -0.05) is 19.8 Å². The molecule has 0 aromatic rings. The van der Waals surface area contributed by atoms with Crippen molar-refractivity contribution < 1.29 is 9.90 Å². The van der Waals surface area contributed by atoms with Gasteiger partial charge in [0.1, 0.15) is 0 Å². The summed E-state index contributed by atoms with van der Waals surface area (Å²) in [7, 11) is 0. The van der Waals surface area contributed by atoms with Gasteiger partial charge >= 0.3 is 5.97 Å². The lowest BCUT2D eigenvalue weighted by atomic mass is 9.76. The van der Waals surface area contributed by atoms with Gasteiger partial charge in [-0.2, -0.15) is 0 Å². The Hall–Kier alpha value is -0.570. The van der Waals surface area contributed by atoms with Crippen LogP contribution in [-0.4, -0.2) is 17.1 Å². The Labute approximate surface area is 79.3 Å². The van der Waals surface area contributed by atoms with Crippen molar-refractivity contribution in [3.05, 3.63) is 0 Å². The van der Waals surface area contributed by atoms with Gasteiger partial charge in [-0.05, 0) is 25.2 Å². The lowest BCUT2D eigenvalue weighted by Crippen LogP contribution is -2.40. The second-order valence-electron chi connectivity index (χ2n) is 3.97. The van der Waals surface area contributed by atoms with Gasteiger partial charge in [0, 0.05) is 6.04 Å². The Morgan fingerprint density at radius 2 is 2.15 bits per heavy atom. The summed E-state index contributed by atoms with van der Waals surface area (Å²) in [6.45, 7) is 1.93. The molecule has 1 fully saturated rings. The van der Waals surface area contributed by atoms with Crippen molar-refractivity contribution in [2.75, 3.05) is 0 Å². The van der Waals surface area contributed by atoms with E-state index >= 15 is 0 Å². The predicted octanol–water partition coefficient (Wildman–Crippen LogP) is 1.61. The first-order chi connectivity index (χ1) is 6.16. The van der Waals surface area contributed by atoms with Crippen molar-refractivity contribution in [1.29, 1.82) is 0 Å². The molecule has 1 rings (SSSR count). The Bertz CT molecular complexity index is 182. The predicted molar refractivity (Wildman–Crippen MR) is 51.4 cm³/mol. The van der Waals surface area contributed by atoms with Crippen LogP contribution in [0.5, 0.6) is 0 Å². The van der Waals surface area contributed by atoms with E-state index in [0.717, 1.165) is 25.7 Å². The molecule has 1 saturated carbocycles. The average molecular weight is 185 g/mol. The third-order valence-electron chi connectivity index (χ3n) is 3.15. The number of carbonyl (C=O) groups is 1. The van der Waals surface area contributed by atoms with Crippen LogP contribution in [0.15, 0.2) is 0 Å². The topological polar surface area (TPSA) is 63.3 Å². The van der Waals surface area contributed by atoms with Gasteiger partial charge in [-0.25, -0.2) is 0 Å². The van der Waals surface area contributed by atoms with Crippen LogP contribution in [0.4, 0.5) is 0 Å². The molecule has 13 heavy (non-hydrogen) atoms. The van der Waals surface area contributed by atoms with E-state index in [1.54, 1.807) is 0 Å². The molecule has 0 unspecified atom stereocenters. The molecule has 0 radical (unpaired) electrons. The number of nitrogens with two attached hydrogens (primary N) is 1. The van der Waals surface area contributed by atoms with Gasteiger partial charge in [-0.15, -0.1) is 0 Å². The SMILES string of the molecule is CC[C@H](C(=O)O)[C@@H]1CCCC[C@@H]1N. The molecule has 3 nitrogen and oxygen atoms in total. The number of carboxylic acids is 1. The van der Waals surface area contributed by atoms with Crippen LogP contribution in [0.3, 0.4) is 0 Å². The first-order valence-electron chi connectivity index (χ1n) is 5.15. The van der Waals surface area contributed by atoms with E-state index in [1.807, 2.05) is 6.92 Å². The zero-order valence-corrected chi connectivity index (χ0v) is 8.20. The summed E-state index contributed by atoms with van der Waals surface area (Å²) in [5, 5.41) is 8.99. The molecule has 0 aliphatic heterocycles. The Morgan fingerprint density at radius 1 is 1.54 bits per heavy atom. The summed E-state index contributed by atoms with van der Waals surface area (Å²) in [4.78, 5) is 10.9. The van der Waals surface area contributed by atoms with Crippen molar-refractivity contribution >= 4 is 5.97 Å². The Kier molecular flexibility index (Phi) is 3.72. The molecular formula is C10H19NO2. The van der Waals surface area contributed by atoms with Crippen LogP contribution in [0.1, 0.15) is 39.0 Å². The van der Waals surface area contributed by atoms with Crippen LogP contribution >= 0.6 is 0 Å². The zero-order valence-electron chi connectivity index (χ0n) is 8.20. The first kappa shape index (κ1) is 10.5. The van der Waals surface area contributed by atoms with E-state index in [-0.39, 0.29) is 17.9 Å². The lowest BCUT2D eigenvalue weighted by molar-refractivity contribution is -0.144. The van der Waals surface area contributed by atoms with Gasteiger partial charge in [0.25, 0.3) is 0 Å². The maximum Gasteiger partial charge on any atom is 0.306 e. The minimum Gasteiger partial charge on any atom is -0.481 e. The summed E-state index contributed by atoms with van der Waals surface area (Å²) in [5.74, 6) is -0.698. The monoisotopic (exact) mass is 185 g/mol. The van der Waals surface area contributed by atoms with Gasteiger partial charge in [0.05, 0.1) is 5.92 Å². The molecule has 0 bridgehead atoms. The number of carboxylic acid groups (broad SMARTS) is 1. The second kappa shape index (κ2) is 4.61. The maximum absolute atomic E-state index is 10.9. The zero-order chi connectivity index (χ0) is 9.84. The smallest absolute Gasteiger partial charge is 0.306 e. The molecule has 0 heterocycles. The van der Waals surface area contributed by atoms with Gasteiger partial charge in [0.15, 0.2) is 0 Å². The van der Waals surface area contributed by atoms with Crippen LogP contribution in [-0.2, 0) is 4.79 Å². The molecule has 3 N–H and O–H groups in total. The normalized spacial score (nSPS) is 31.2. The molecule has 0 aromatic carbocycles. The maximum atomic E-state index is 10.9. The van der Waals surface area contributed by atoms with E-state index in [4.69, 9.17) is 10.8 Å². The third-order valence-corrected chi connectivity index (χ3v) is 3.15. The van der Waals surface area contributed by atoms with Crippen molar-refractivity contribution in [2.45, 2.75) is 45.1 Å². The highest BCUT2D eigenvalue weighted by Crippen LogP contribution is 2.31. The molecule has 0 saturated heterocycles. The Balaban J connectivity index is 2.60. The highest BCUT2D eigenvalue weighted by molar-refractivity contribution is 5.70. The van der Waals surface area contributed by atoms with Crippen LogP contribution in [0.25, 0.3) is 0 Å². The minimum atomic E-state index is -0.676. The summed E-state index contributed by atoms with van der Waals surface area (Å²) < 4.78 is 0. The molecule has 0 aromatic heterocycles. The molecule has 3 atom stereocenters. The van der Waals surface area contributed by atoms with E-state index in [1.165, 1.54) is 0 Å². The first-order valence-corrected chi connectivity index (χ1v) is 5.15. The summed E-state index contributed by atoms with van der Waals surface area (Å²) >= 11 is 0. The molecule has 0 spiro atoms. The van der Waals surface area contributed by atoms with Crippen LogP contribution in [0.2, 0.25) is 0 Å². The van der Waals surface area contributed by atoms with E-state index in [2.05, 4.69) is 0 Å². The van der Waals surface area contributed by atoms with E-state index in [9.17, 15) is 4.79 Å². The van der Waals surface area contributed by atoms with Crippen molar-refractivity contribution in [3.8, 4) is 0 Å². The minimum absolute atomic E-state index is 0.106. The van der Waals surface area contributed by atoms with Crippen LogP contribution < -0.4 is 5.73 Å². The van der Waals surface area contributed by atoms with Gasteiger partial charge < -0.3 is 10.8 Å². The molecule has 1 aliphatic carbocycles. The van der Waals surface area contributed by atoms with Crippen LogP contribution in [0, 0.1) is 11.8 Å². The Morgan fingerprint density at radius 3 is 2.62 bits per heavy atom. The number of hydrogen-bond donors (Lipinski definition) is 2. The molecule has 0 amide bonds. The molecule has 76 valence electrons. The summed E-state index contributed by atoms with van der Waals surface area (Å²) in [6.07, 6.45) is 4.99. The van der Waals surface area contributed by atoms with Gasteiger partial charge in [-0.3, -0.25) is 4.79 Å². The highest BCUT2D eigenvalue weighted by atomic mass is 16.4. The fraction of sp³-hybridized carbons (Fsp3) is 0.900. The van der Waals surface area contributed by atoms with Crippen molar-refractivity contribution in [2.24, 2.45) is 17.6 Å². The second-order valence-corrected chi connectivity index (χ2v) is 3.97. The number of aliphatic carboxylic acids is 1. The summed E-state index contributed by atoms with van der Waals surface area (Å²) in [5.41, 5.74) is 5.93. The number of rotatable bonds is 3. The lowest BCUT2D eigenvalue weighted by Gasteiger charge is -2.32.